The second kappa shape index (κ2) is 18.4. The van der Waals surface area contributed by atoms with Crippen LogP contribution in [0.25, 0.3) is 10.6 Å². The van der Waals surface area contributed by atoms with E-state index in [1.165, 1.54) is 43.1 Å². The van der Waals surface area contributed by atoms with Gasteiger partial charge in [-0.3, -0.25) is 0 Å². The van der Waals surface area contributed by atoms with Crippen molar-refractivity contribution in [2.75, 3.05) is 19.8 Å². The van der Waals surface area contributed by atoms with Crippen molar-refractivity contribution in [2.24, 2.45) is 0 Å². The van der Waals surface area contributed by atoms with E-state index in [1.807, 2.05) is 0 Å². The maximum Gasteiger partial charge on any atom is 0.527 e. The highest BCUT2D eigenvalue weighted by Crippen LogP contribution is 2.48. The van der Waals surface area contributed by atoms with Gasteiger partial charge in [-0.15, -0.1) is 23.4 Å². The smallest absolute Gasteiger partial charge is 0.487 e. The molecular formula is C28H31F15N2O5S. The second-order valence-corrected chi connectivity index (χ2v) is 11.8. The minimum absolute atomic E-state index is 0.307. The normalized spacial score (nSPS) is 14.3. The molecule has 0 aliphatic heterocycles. The number of aromatic nitrogens is 2. The number of ether oxygens (including phenoxy) is 5. The molecule has 0 aliphatic carbocycles. The summed E-state index contributed by atoms with van der Waals surface area (Å²) in [5, 5.41) is 9.22. The van der Waals surface area contributed by atoms with Gasteiger partial charge in [-0.25, -0.2) is 23.0 Å². The zero-order valence-electron chi connectivity index (χ0n) is 26.3. The number of alkyl halides is 14. The number of aryl methyl sites for hydroxylation is 1. The van der Waals surface area contributed by atoms with Crippen molar-refractivity contribution in [2.45, 2.75) is 108 Å². The summed E-state index contributed by atoms with van der Waals surface area (Å²) in [7, 11) is 0. The predicted octanol–water partition coefficient (Wildman–Crippen LogP) is 10.3. The summed E-state index contributed by atoms with van der Waals surface area (Å²) >= 11 is 1.24. The molecule has 23 heteroatoms. The van der Waals surface area contributed by atoms with Gasteiger partial charge in [-0.05, 0) is 24.6 Å². The molecule has 1 aromatic carbocycles. The maximum absolute atomic E-state index is 14.6. The molecule has 2 rings (SSSR count). The summed E-state index contributed by atoms with van der Waals surface area (Å²) in [6, 6.07) is 3.44. The van der Waals surface area contributed by atoms with E-state index >= 15 is 0 Å². The molecule has 0 saturated heterocycles. The number of nitrogens with zero attached hydrogens (tertiary/aromatic N) is 2. The third kappa shape index (κ3) is 14.7. The molecule has 0 spiro atoms. The molecule has 1 atom stereocenters. The lowest BCUT2D eigenvalue weighted by Crippen LogP contribution is -2.57. The van der Waals surface area contributed by atoms with Crippen molar-refractivity contribution in [3.63, 3.8) is 0 Å². The third-order valence-corrected chi connectivity index (χ3v) is 7.37. The topological polar surface area (TPSA) is 71.9 Å². The van der Waals surface area contributed by atoms with E-state index in [2.05, 4.69) is 26.6 Å². The molecule has 7 nitrogen and oxygen atoms in total. The summed E-state index contributed by atoms with van der Waals surface area (Å²) in [4.78, 5) is 0. The van der Waals surface area contributed by atoms with Crippen molar-refractivity contribution < 1.29 is 89.5 Å². The summed E-state index contributed by atoms with van der Waals surface area (Å²) < 4.78 is 212. The Morgan fingerprint density at radius 2 is 1.24 bits per heavy atom. The lowest BCUT2D eigenvalue weighted by Gasteiger charge is -2.33. The number of halogens is 15. The zero-order valence-corrected chi connectivity index (χ0v) is 27.1. The van der Waals surface area contributed by atoms with Gasteiger partial charge in [0.15, 0.2) is 17.7 Å². The molecule has 51 heavy (non-hydrogen) atoms. The molecular weight excluding hydrogens is 761 g/mol. The molecule has 0 fully saturated rings. The zero-order chi connectivity index (χ0) is 38.7. The molecule has 0 aliphatic rings. The van der Waals surface area contributed by atoms with Gasteiger partial charge >= 0.3 is 36.9 Å². The first-order chi connectivity index (χ1) is 23.4. The molecule has 1 aromatic heterocycles. The molecule has 1 heterocycles. The van der Waals surface area contributed by atoms with Crippen LogP contribution in [-0.2, 0) is 25.4 Å². The fourth-order valence-electron chi connectivity index (χ4n) is 3.93. The number of hydrogen-bond acceptors (Lipinski definition) is 8. The number of benzene rings is 1. The summed E-state index contributed by atoms with van der Waals surface area (Å²) in [6.07, 6.45) is -33.3. The molecule has 0 saturated carbocycles. The van der Waals surface area contributed by atoms with Gasteiger partial charge in [0, 0.05) is 12.0 Å². The Hall–Kier alpha value is -2.63. The fraction of sp³-hybridized carbons (Fsp3) is 0.714. The Bertz CT molecular complexity index is 1350. The van der Waals surface area contributed by atoms with Crippen molar-refractivity contribution in [1.82, 2.24) is 10.2 Å². The van der Waals surface area contributed by atoms with Crippen molar-refractivity contribution in [3.05, 3.63) is 29.0 Å². The first kappa shape index (κ1) is 44.5. The lowest BCUT2D eigenvalue weighted by molar-refractivity contribution is -0.564. The van der Waals surface area contributed by atoms with Crippen LogP contribution < -0.4 is 4.74 Å². The van der Waals surface area contributed by atoms with E-state index < -0.39 is 74.5 Å². The monoisotopic (exact) mass is 792 g/mol. The Balaban J connectivity index is 1.83. The van der Waals surface area contributed by atoms with E-state index in [0.717, 1.165) is 42.8 Å². The average molecular weight is 793 g/mol. The van der Waals surface area contributed by atoms with Gasteiger partial charge in [0.2, 0.25) is 0 Å². The van der Waals surface area contributed by atoms with Gasteiger partial charge in [0.25, 0.3) is 0 Å². The van der Waals surface area contributed by atoms with E-state index in [9.17, 15) is 65.9 Å². The van der Waals surface area contributed by atoms with Gasteiger partial charge in [0.05, 0.1) is 6.61 Å². The third-order valence-electron chi connectivity index (χ3n) is 6.33. The van der Waals surface area contributed by atoms with Crippen LogP contribution in [0.4, 0.5) is 65.9 Å². The Kier molecular flexibility index (Phi) is 16.1. The van der Waals surface area contributed by atoms with Crippen molar-refractivity contribution in [1.29, 1.82) is 0 Å². The Morgan fingerprint density at radius 1 is 0.686 bits per heavy atom. The molecule has 1 unspecified atom stereocenters. The number of unbranched alkanes of at least 4 members (excludes halogenated alkanes) is 7. The lowest BCUT2D eigenvalue weighted by atomic mass is 10.1. The average Bonchev–Trinajstić information content (AvgIpc) is 3.44. The van der Waals surface area contributed by atoms with E-state index in [1.54, 1.807) is 9.47 Å². The van der Waals surface area contributed by atoms with E-state index in [-0.39, 0.29) is 0 Å². The molecule has 0 radical (unpaired) electrons. The molecule has 0 amide bonds. The highest BCUT2D eigenvalue weighted by molar-refractivity contribution is 7.14. The fourth-order valence-corrected chi connectivity index (χ4v) is 4.80. The first-order valence-corrected chi connectivity index (χ1v) is 15.7. The number of hydrogen-bond donors (Lipinski definition) is 0. The van der Waals surface area contributed by atoms with Crippen molar-refractivity contribution >= 4 is 11.3 Å². The largest absolute Gasteiger partial charge is 0.527 e. The Labute approximate surface area is 284 Å². The second-order valence-electron chi connectivity index (χ2n) is 10.8. The highest BCUT2D eigenvalue weighted by atomic mass is 32.1. The van der Waals surface area contributed by atoms with Crippen LogP contribution in [-0.4, -0.2) is 73.1 Å². The van der Waals surface area contributed by atoms with E-state index in [4.69, 9.17) is 4.74 Å². The molecule has 0 N–H and O–H groups in total. The van der Waals surface area contributed by atoms with Gasteiger partial charge in [0.1, 0.15) is 23.2 Å². The Morgan fingerprint density at radius 3 is 1.80 bits per heavy atom. The number of rotatable bonds is 24. The van der Waals surface area contributed by atoms with Crippen molar-refractivity contribution in [3.8, 4) is 16.3 Å². The first-order valence-electron chi connectivity index (χ1n) is 14.9. The highest BCUT2D eigenvalue weighted by Gasteiger charge is 2.74. The van der Waals surface area contributed by atoms with E-state index in [0.29, 0.717) is 17.0 Å². The molecule has 294 valence electrons. The quantitative estimate of drug-likeness (QED) is 0.0774. The maximum atomic E-state index is 14.6. The van der Waals surface area contributed by atoms with Gasteiger partial charge in [-0.2, -0.15) is 43.9 Å². The van der Waals surface area contributed by atoms with Gasteiger partial charge in [-0.1, -0.05) is 63.2 Å². The van der Waals surface area contributed by atoms with Crippen LogP contribution >= 0.6 is 11.3 Å². The minimum Gasteiger partial charge on any atom is -0.487 e. The standard InChI is InChI=1S/C28H31F15N2O5S/c1-2-3-4-5-6-7-8-9-10-21-44-45-22(51-21)17-11-12-20(19(30)13-17)47-15-18(29)14-46-16-23(31,32)48-24(33,34)25(35,36)49-26(37,38)27(39,40)50-28(41,42)43/h11-13,18H,2-10,14-16H2,1H3. The summed E-state index contributed by atoms with van der Waals surface area (Å²) in [6.45, 7) is -2.89. The predicted molar refractivity (Wildman–Crippen MR) is 147 cm³/mol. The minimum atomic E-state index is -7.18. The van der Waals surface area contributed by atoms with Crippen LogP contribution in [0, 0.1) is 5.82 Å². The van der Waals surface area contributed by atoms with Crippen LogP contribution in [0.1, 0.15) is 63.3 Å². The van der Waals surface area contributed by atoms with Gasteiger partial charge < -0.3 is 9.47 Å². The molecule has 2 aromatic rings. The van der Waals surface area contributed by atoms with Crippen LogP contribution in [0.3, 0.4) is 0 Å². The van der Waals surface area contributed by atoms with Crippen LogP contribution in [0.15, 0.2) is 18.2 Å². The summed E-state index contributed by atoms with van der Waals surface area (Å²) in [5.41, 5.74) is 0.307. The SMILES string of the molecule is CCCCCCCCCCc1nnc(-c2ccc(OCC(F)COCC(F)(F)OC(F)(F)C(F)(F)OC(F)(F)C(F)(F)OC(F)(F)F)c(F)c2)s1. The van der Waals surface area contributed by atoms with Crippen LogP contribution in [0.5, 0.6) is 5.75 Å². The summed E-state index contributed by atoms with van der Waals surface area (Å²) in [5.74, 6) is -1.53. The molecule has 0 bridgehead atoms. The van der Waals surface area contributed by atoms with Crippen LogP contribution in [0.2, 0.25) is 0 Å².